The van der Waals surface area contributed by atoms with E-state index < -0.39 is 17.8 Å². The molecular weight excluding hydrogens is 414 g/mol. The number of allylic oxidation sites excluding steroid dienone is 2. The Morgan fingerprint density at radius 3 is 2.32 bits per heavy atom. The summed E-state index contributed by atoms with van der Waals surface area (Å²) in [6.07, 6.45) is 5.92. The normalized spacial score (nSPS) is 20.3. The minimum Gasteiger partial charge on any atom is -0.435 e. The summed E-state index contributed by atoms with van der Waals surface area (Å²) in [5, 5.41) is 2.85. The van der Waals surface area contributed by atoms with Crippen LogP contribution >= 0.6 is 31.9 Å². The van der Waals surface area contributed by atoms with E-state index in [9.17, 15) is 9.59 Å². The van der Waals surface area contributed by atoms with Gasteiger partial charge in [0.2, 0.25) is 5.91 Å². The number of halogens is 2. The van der Waals surface area contributed by atoms with Crippen LogP contribution in [0.15, 0.2) is 52.1 Å². The van der Waals surface area contributed by atoms with Gasteiger partial charge < -0.3 is 10.1 Å². The lowest BCUT2D eigenvalue weighted by molar-refractivity contribution is -0.147. The standard InChI is InChI=1S/C16H15Br2NO3/c1-2-22-16(21)14-6-4-3-5-13(14)15(20)19-12-8-10(17)7-11(18)9-12/h2-4,7-9,13-14H,1,5-6H2,(H,19,20)/t13-,14-/m1/s1. The third-order valence-electron chi connectivity index (χ3n) is 3.40. The highest BCUT2D eigenvalue weighted by atomic mass is 79.9. The van der Waals surface area contributed by atoms with E-state index in [2.05, 4.69) is 43.8 Å². The quantitative estimate of drug-likeness (QED) is 0.438. The summed E-state index contributed by atoms with van der Waals surface area (Å²) < 4.78 is 6.55. The molecule has 2 atom stereocenters. The number of carbonyl (C=O) groups is 2. The second kappa shape index (κ2) is 7.74. The molecule has 1 N–H and O–H groups in total. The Kier molecular flexibility index (Phi) is 5.97. The Morgan fingerprint density at radius 2 is 1.73 bits per heavy atom. The van der Waals surface area contributed by atoms with Gasteiger partial charge in [-0.1, -0.05) is 50.6 Å². The number of carbonyl (C=O) groups excluding carboxylic acids is 2. The van der Waals surface area contributed by atoms with E-state index in [0.29, 0.717) is 18.5 Å². The Labute approximate surface area is 145 Å². The van der Waals surface area contributed by atoms with Crippen molar-refractivity contribution < 1.29 is 14.3 Å². The average molecular weight is 429 g/mol. The largest absolute Gasteiger partial charge is 0.435 e. The zero-order valence-electron chi connectivity index (χ0n) is 11.7. The zero-order valence-corrected chi connectivity index (χ0v) is 14.9. The lowest BCUT2D eigenvalue weighted by Crippen LogP contribution is -2.35. The lowest BCUT2D eigenvalue weighted by Gasteiger charge is -2.25. The first kappa shape index (κ1) is 17.0. The number of amides is 1. The fourth-order valence-corrected chi connectivity index (χ4v) is 3.69. The molecule has 0 heterocycles. The molecule has 0 bridgehead atoms. The second-order valence-electron chi connectivity index (χ2n) is 4.91. The molecule has 0 radical (unpaired) electrons. The summed E-state index contributed by atoms with van der Waals surface area (Å²) >= 11 is 6.75. The molecule has 0 spiro atoms. The van der Waals surface area contributed by atoms with Crippen molar-refractivity contribution in [1.82, 2.24) is 0 Å². The molecule has 1 aromatic carbocycles. The van der Waals surface area contributed by atoms with Crippen molar-refractivity contribution in [3.63, 3.8) is 0 Å². The van der Waals surface area contributed by atoms with Gasteiger partial charge in [-0.25, -0.2) is 0 Å². The minimum atomic E-state index is -0.487. The number of benzene rings is 1. The molecule has 0 aromatic heterocycles. The van der Waals surface area contributed by atoms with E-state index in [4.69, 9.17) is 4.74 Å². The van der Waals surface area contributed by atoms with Crippen LogP contribution in [0.2, 0.25) is 0 Å². The van der Waals surface area contributed by atoms with Gasteiger partial charge in [0.15, 0.2) is 0 Å². The second-order valence-corrected chi connectivity index (χ2v) is 6.74. The van der Waals surface area contributed by atoms with Gasteiger partial charge in [-0.15, -0.1) is 0 Å². The average Bonchev–Trinajstić information content (AvgIpc) is 2.46. The van der Waals surface area contributed by atoms with E-state index >= 15 is 0 Å². The van der Waals surface area contributed by atoms with Gasteiger partial charge in [0.05, 0.1) is 18.1 Å². The maximum atomic E-state index is 12.5. The van der Waals surface area contributed by atoms with Gasteiger partial charge in [0.1, 0.15) is 0 Å². The first-order valence-corrected chi connectivity index (χ1v) is 8.33. The molecule has 116 valence electrons. The van der Waals surface area contributed by atoms with Gasteiger partial charge in [-0.3, -0.25) is 9.59 Å². The maximum absolute atomic E-state index is 12.5. The summed E-state index contributed by atoms with van der Waals surface area (Å²) in [6.45, 7) is 3.38. The maximum Gasteiger partial charge on any atom is 0.314 e. The smallest absolute Gasteiger partial charge is 0.314 e. The Bertz CT molecular complexity index is 608. The van der Waals surface area contributed by atoms with Gasteiger partial charge in [0.25, 0.3) is 0 Å². The van der Waals surface area contributed by atoms with Crippen LogP contribution in [0, 0.1) is 11.8 Å². The van der Waals surface area contributed by atoms with Crippen molar-refractivity contribution in [2.24, 2.45) is 11.8 Å². The van der Waals surface area contributed by atoms with Crippen LogP contribution in [0.1, 0.15) is 12.8 Å². The molecule has 0 aliphatic heterocycles. The predicted octanol–water partition coefficient (Wildman–Crippen LogP) is 4.42. The molecule has 22 heavy (non-hydrogen) atoms. The lowest BCUT2D eigenvalue weighted by atomic mass is 9.82. The van der Waals surface area contributed by atoms with Crippen LogP contribution in [0.3, 0.4) is 0 Å². The van der Waals surface area contributed by atoms with Crippen molar-refractivity contribution in [1.29, 1.82) is 0 Å². The molecule has 0 saturated heterocycles. The summed E-state index contributed by atoms with van der Waals surface area (Å²) in [4.78, 5) is 24.5. The summed E-state index contributed by atoms with van der Waals surface area (Å²) in [5.74, 6) is -1.55. The van der Waals surface area contributed by atoms with Gasteiger partial charge in [-0.05, 0) is 31.0 Å². The Hall–Kier alpha value is -1.40. The van der Waals surface area contributed by atoms with Crippen LogP contribution in [-0.2, 0) is 14.3 Å². The Morgan fingerprint density at radius 1 is 1.14 bits per heavy atom. The molecule has 1 aromatic rings. The fourth-order valence-electron chi connectivity index (χ4n) is 2.39. The Balaban J connectivity index is 2.13. The number of ether oxygens (including phenoxy) is 1. The van der Waals surface area contributed by atoms with Gasteiger partial charge in [-0.2, -0.15) is 0 Å². The topological polar surface area (TPSA) is 55.4 Å². The van der Waals surface area contributed by atoms with Crippen LogP contribution in [0.25, 0.3) is 0 Å². The van der Waals surface area contributed by atoms with Crippen molar-refractivity contribution >= 4 is 49.4 Å². The molecule has 2 rings (SSSR count). The predicted molar refractivity (Wildman–Crippen MR) is 92.1 cm³/mol. The molecule has 1 amide bonds. The third kappa shape index (κ3) is 4.30. The number of hydrogen-bond acceptors (Lipinski definition) is 3. The molecule has 0 fully saturated rings. The number of anilines is 1. The molecule has 6 heteroatoms. The van der Waals surface area contributed by atoms with E-state index in [1.165, 1.54) is 0 Å². The SMILES string of the molecule is C=COC(=O)[C@@H]1CC=CC[C@H]1C(=O)Nc1cc(Br)cc(Br)c1. The zero-order chi connectivity index (χ0) is 16.1. The van der Waals surface area contributed by atoms with Gasteiger partial charge >= 0.3 is 5.97 Å². The number of hydrogen-bond donors (Lipinski definition) is 1. The van der Waals surface area contributed by atoms with E-state index in [0.717, 1.165) is 15.2 Å². The highest BCUT2D eigenvalue weighted by Crippen LogP contribution is 2.29. The van der Waals surface area contributed by atoms with Crippen LogP contribution in [0.5, 0.6) is 0 Å². The van der Waals surface area contributed by atoms with Crippen molar-refractivity contribution in [2.75, 3.05) is 5.32 Å². The summed E-state index contributed by atoms with van der Waals surface area (Å²) in [7, 11) is 0. The van der Waals surface area contributed by atoms with Crippen molar-refractivity contribution in [3.05, 3.63) is 52.1 Å². The molecule has 1 aliphatic carbocycles. The van der Waals surface area contributed by atoms with Crippen LogP contribution in [0.4, 0.5) is 5.69 Å². The highest BCUT2D eigenvalue weighted by molar-refractivity contribution is 9.11. The number of esters is 1. The molecule has 4 nitrogen and oxygen atoms in total. The monoisotopic (exact) mass is 427 g/mol. The minimum absolute atomic E-state index is 0.194. The highest BCUT2D eigenvalue weighted by Gasteiger charge is 2.35. The molecular formula is C16H15Br2NO3. The van der Waals surface area contributed by atoms with Gasteiger partial charge in [0, 0.05) is 14.6 Å². The third-order valence-corrected chi connectivity index (χ3v) is 4.32. The molecule has 1 aliphatic rings. The number of nitrogens with one attached hydrogen (secondary N) is 1. The fraction of sp³-hybridized carbons (Fsp3) is 0.250. The number of rotatable bonds is 4. The van der Waals surface area contributed by atoms with E-state index in [1.54, 1.807) is 12.1 Å². The first-order chi connectivity index (χ1) is 10.5. The molecule has 0 unspecified atom stereocenters. The summed E-state index contributed by atoms with van der Waals surface area (Å²) in [6, 6.07) is 5.49. The summed E-state index contributed by atoms with van der Waals surface area (Å²) in [5.41, 5.74) is 0.664. The van der Waals surface area contributed by atoms with Crippen LogP contribution in [-0.4, -0.2) is 11.9 Å². The first-order valence-electron chi connectivity index (χ1n) is 6.74. The van der Waals surface area contributed by atoms with Crippen molar-refractivity contribution in [3.8, 4) is 0 Å². The van der Waals surface area contributed by atoms with E-state index in [-0.39, 0.29) is 5.91 Å². The van der Waals surface area contributed by atoms with Crippen LogP contribution < -0.4 is 5.32 Å². The van der Waals surface area contributed by atoms with Crippen molar-refractivity contribution in [2.45, 2.75) is 12.8 Å². The van der Waals surface area contributed by atoms with E-state index in [1.807, 2.05) is 18.2 Å². The molecule has 0 saturated carbocycles.